The first-order valence-electron chi connectivity index (χ1n) is 7.18. The van der Waals surface area contributed by atoms with Crippen molar-refractivity contribution in [1.29, 1.82) is 0 Å². The van der Waals surface area contributed by atoms with Crippen molar-refractivity contribution in [3.05, 3.63) is 35.4 Å². The predicted octanol–water partition coefficient (Wildman–Crippen LogP) is 2.57. The predicted molar refractivity (Wildman–Crippen MR) is 79.7 cm³/mol. The molecule has 4 nitrogen and oxygen atoms in total. The average Bonchev–Trinajstić information content (AvgIpc) is 2.77. The van der Waals surface area contributed by atoms with E-state index >= 15 is 0 Å². The number of ether oxygens (including phenoxy) is 1. The second-order valence-corrected chi connectivity index (χ2v) is 6.33. The zero-order valence-electron chi connectivity index (χ0n) is 12.5. The molecule has 0 fully saturated rings. The second-order valence-electron chi connectivity index (χ2n) is 6.33. The molecule has 4 heteroatoms. The van der Waals surface area contributed by atoms with Crippen LogP contribution >= 0.6 is 0 Å². The lowest BCUT2D eigenvalue weighted by molar-refractivity contribution is 0.0498. The fourth-order valence-corrected chi connectivity index (χ4v) is 2.79. The largest absolute Gasteiger partial charge is 0.444 e. The van der Waals surface area contributed by atoms with Gasteiger partial charge in [-0.05, 0) is 44.7 Å². The molecule has 1 aliphatic rings. The molecule has 0 radical (unpaired) electrons. The van der Waals surface area contributed by atoms with Crippen molar-refractivity contribution in [2.75, 3.05) is 6.54 Å². The maximum absolute atomic E-state index is 11.9. The summed E-state index contributed by atoms with van der Waals surface area (Å²) < 4.78 is 5.31. The number of amides is 1. The Bertz CT molecular complexity index is 480. The molecule has 0 aliphatic heterocycles. The highest BCUT2D eigenvalue weighted by Gasteiger charge is 2.30. The van der Waals surface area contributed by atoms with Crippen molar-refractivity contribution in [2.45, 2.75) is 51.2 Å². The summed E-state index contributed by atoms with van der Waals surface area (Å²) in [6.07, 6.45) is 1.68. The van der Waals surface area contributed by atoms with Gasteiger partial charge in [0.1, 0.15) is 5.60 Å². The first-order valence-corrected chi connectivity index (χ1v) is 7.18. The summed E-state index contributed by atoms with van der Waals surface area (Å²) in [4.78, 5) is 11.9. The van der Waals surface area contributed by atoms with E-state index in [-0.39, 0.29) is 12.0 Å². The Hall–Kier alpha value is -1.55. The van der Waals surface area contributed by atoms with Crippen LogP contribution in [-0.2, 0) is 11.2 Å². The summed E-state index contributed by atoms with van der Waals surface area (Å²) in [5.41, 5.74) is 8.03. The van der Waals surface area contributed by atoms with Crippen molar-refractivity contribution in [3.63, 3.8) is 0 Å². The lowest BCUT2D eigenvalue weighted by Gasteiger charge is -2.26. The first kappa shape index (κ1) is 14.9. The average molecular weight is 276 g/mol. The number of hydrogen-bond acceptors (Lipinski definition) is 3. The minimum Gasteiger partial charge on any atom is -0.444 e. The van der Waals surface area contributed by atoms with E-state index in [0.717, 1.165) is 12.8 Å². The fourth-order valence-electron chi connectivity index (χ4n) is 2.79. The Morgan fingerprint density at radius 3 is 2.80 bits per heavy atom. The zero-order valence-corrected chi connectivity index (χ0v) is 12.5. The van der Waals surface area contributed by atoms with Crippen LogP contribution in [0.5, 0.6) is 0 Å². The molecule has 0 aromatic heterocycles. The van der Waals surface area contributed by atoms with Crippen LogP contribution in [0.15, 0.2) is 24.3 Å². The minimum atomic E-state index is -0.489. The fraction of sp³-hybridized carbons (Fsp3) is 0.562. The van der Waals surface area contributed by atoms with Gasteiger partial charge < -0.3 is 15.8 Å². The molecule has 2 rings (SSSR count). The van der Waals surface area contributed by atoms with Crippen molar-refractivity contribution in [3.8, 4) is 0 Å². The third kappa shape index (κ3) is 3.51. The van der Waals surface area contributed by atoms with Gasteiger partial charge in [-0.1, -0.05) is 24.3 Å². The van der Waals surface area contributed by atoms with E-state index < -0.39 is 11.7 Å². The molecule has 0 spiro atoms. The van der Waals surface area contributed by atoms with Crippen LogP contribution in [0, 0.1) is 0 Å². The lowest BCUT2D eigenvalue weighted by atomic mass is 9.93. The van der Waals surface area contributed by atoms with Gasteiger partial charge in [0, 0.05) is 12.5 Å². The summed E-state index contributed by atoms with van der Waals surface area (Å²) in [6.45, 7) is 5.98. The Morgan fingerprint density at radius 2 is 2.15 bits per heavy atom. The molecule has 1 aromatic rings. The number of carbonyl (C=O) groups excluding carboxylic acids is 1. The van der Waals surface area contributed by atoms with E-state index in [4.69, 9.17) is 10.5 Å². The van der Waals surface area contributed by atoms with E-state index in [1.54, 1.807) is 0 Å². The molecular weight excluding hydrogens is 252 g/mol. The number of nitrogens with one attached hydrogen (secondary N) is 1. The standard InChI is InChI=1S/C16H24N2O2/c1-16(2,3)20-15(19)18-14(10-17)13-9-8-11-6-4-5-7-12(11)13/h4-7,13-14H,8-10,17H2,1-3H3,(H,18,19). The van der Waals surface area contributed by atoms with Gasteiger partial charge in [-0.2, -0.15) is 0 Å². The van der Waals surface area contributed by atoms with Crippen LogP contribution in [-0.4, -0.2) is 24.3 Å². The monoisotopic (exact) mass is 276 g/mol. The van der Waals surface area contributed by atoms with Gasteiger partial charge in [-0.3, -0.25) is 0 Å². The molecule has 20 heavy (non-hydrogen) atoms. The number of fused-ring (bicyclic) bond motifs is 1. The van der Waals surface area contributed by atoms with Gasteiger partial charge >= 0.3 is 6.09 Å². The maximum Gasteiger partial charge on any atom is 0.407 e. The highest BCUT2D eigenvalue weighted by atomic mass is 16.6. The smallest absolute Gasteiger partial charge is 0.407 e. The Morgan fingerprint density at radius 1 is 1.45 bits per heavy atom. The Labute approximate surface area is 120 Å². The van der Waals surface area contributed by atoms with Crippen LogP contribution in [0.2, 0.25) is 0 Å². The van der Waals surface area contributed by atoms with E-state index in [1.807, 2.05) is 26.8 Å². The second kappa shape index (κ2) is 5.83. The van der Waals surface area contributed by atoms with Crippen molar-refractivity contribution in [2.24, 2.45) is 5.73 Å². The molecule has 2 unspecified atom stereocenters. The third-order valence-electron chi connectivity index (χ3n) is 3.62. The summed E-state index contributed by atoms with van der Waals surface area (Å²) in [6, 6.07) is 8.30. The number of alkyl carbamates (subject to hydrolysis) is 1. The molecule has 0 saturated carbocycles. The number of benzene rings is 1. The molecule has 1 aliphatic carbocycles. The highest BCUT2D eigenvalue weighted by Crippen LogP contribution is 2.35. The van der Waals surface area contributed by atoms with Gasteiger partial charge in [0.2, 0.25) is 0 Å². The van der Waals surface area contributed by atoms with Gasteiger partial charge in [0.25, 0.3) is 0 Å². The molecule has 3 N–H and O–H groups in total. The Kier molecular flexibility index (Phi) is 4.33. The minimum absolute atomic E-state index is 0.0755. The number of carbonyl (C=O) groups is 1. The van der Waals surface area contributed by atoms with Gasteiger partial charge in [-0.25, -0.2) is 4.79 Å². The summed E-state index contributed by atoms with van der Waals surface area (Å²) in [7, 11) is 0. The number of nitrogens with two attached hydrogens (primary N) is 1. The van der Waals surface area contributed by atoms with Crippen LogP contribution < -0.4 is 11.1 Å². The van der Waals surface area contributed by atoms with Crippen molar-refractivity contribution < 1.29 is 9.53 Å². The molecule has 0 heterocycles. The molecular formula is C16H24N2O2. The van der Waals surface area contributed by atoms with Crippen molar-refractivity contribution >= 4 is 6.09 Å². The molecule has 1 amide bonds. The lowest BCUT2D eigenvalue weighted by Crippen LogP contribution is -2.45. The van der Waals surface area contributed by atoms with Gasteiger partial charge in [0.05, 0.1) is 6.04 Å². The van der Waals surface area contributed by atoms with Gasteiger partial charge in [0.15, 0.2) is 0 Å². The van der Waals surface area contributed by atoms with Crippen LogP contribution in [0.3, 0.4) is 0 Å². The number of hydrogen-bond donors (Lipinski definition) is 2. The topological polar surface area (TPSA) is 64.3 Å². The first-order chi connectivity index (χ1) is 9.40. The van der Waals surface area contributed by atoms with E-state index in [2.05, 4.69) is 23.5 Å². The number of aryl methyl sites for hydroxylation is 1. The SMILES string of the molecule is CC(C)(C)OC(=O)NC(CN)C1CCc2ccccc21. The molecule has 1 aromatic carbocycles. The maximum atomic E-state index is 11.9. The molecule has 2 atom stereocenters. The highest BCUT2D eigenvalue weighted by molar-refractivity contribution is 5.68. The summed E-state index contributed by atoms with van der Waals surface area (Å²) in [5.74, 6) is 0.281. The van der Waals surface area contributed by atoms with Crippen LogP contribution in [0.25, 0.3) is 0 Å². The summed E-state index contributed by atoms with van der Waals surface area (Å²) in [5, 5.41) is 2.92. The van der Waals surface area contributed by atoms with E-state index in [0.29, 0.717) is 6.54 Å². The number of rotatable bonds is 3. The van der Waals surface area contributed by atoms with E-state index in [9.17, 15) is 4.79 Å². The molecule has 110 valence electrons. The third-order valence-corrected chi connectivity index (χ3v) is 3.62. The normalized spacial score (nSPS) is 19.3. The Balaban J connectivity index is 2.05. The van der Waals surface area contributed by atoms with Crippen molar-refractivity contribution in [1.82, 2.24) is 5.32 Å². The van der Waals surface area contributed by atoms with Crippen LogP contribution in [0.4, 0.5) is 4.79 Å². The quantitative estimate of drug-likeness (QED) is 0.891. The van der Waals surface area contributed by atoms with Gasteiger partial charge in [-0.15, -0.1) is 0 Å². The zero-order chi connectivity index (χ0) is 14.8. The molecule has 0 saturated heterocycles. The molecule has 0 bridgehead atoms. The summed E-state index contributed by atoms with van der Waals surface area (Å²) >= 11 is 0. The van der Waals surface area contributed by atoms with Crippen LogP contribution in [0.1, 0.15) is 44.2 Å². The van der Waals surface area contributed by atoms with E-state index in [1.165, 1.54) is 11.1 Å².